The topological polar surface area (TPSA) is 101 Å². The Morgan fingerprint density at radius 2 is 1.79 bits per heavy atom. The Labute approximate surface area is 110 Å². The number of hydrogen-bond acceptors (Lipinski definition) is 4. The fourth-order valence-electron chi connectivity index (χ4n) is 1.23. The lowest BCUT2D eigenvalue weighted by molar-refractivity contribution is -0.133. The van der Waals surface area contributed by atoms with Crippen molar-refractivity contribution in [2.75, 3.05) is 0 Å². The van der Waals surface area contributed by atoms with Gasteiger partial charge in [0.2, 0.25) is 5.91 Å². The summed E-state index contributed by atoms with van der Waals surface area (Å²) in [6.07, 6.45) is -0.583. The smallest absolute Gasteiger partial charge is 0.331 e. The summed E-state index contributed by atoms with van der Waals surface area (Å²) in [4.78, 5) is 21.8. The van der Waals surface area contributed by atoms with Gasteiger partial charge in [0.05, 0.1) is 11.3 Å². The molecule has 7 heteroatoms. The molecule has 1 rings (SSSR count). The van der Waals surface area contributed by atoms with E-state index in [4.69, 9.17) is 5.11 Å². The average molecular weight is 283 g/mol. The van der Waals surface area contributed by atoms with Gasteiger partial charge in [0.1, 0.15) is 0 Å². The van der Waals surface area contributed by atoms with Crippen molar-refractivity contribution in [3.63, 3.8) is 0 Å². The lowest BCUT2D eigenvalue weighted by atomic mass is 10.2. The number of sulfonamides is 1. The van der Waals surface area contributed by atoms with E-state index in [2.05, 4.69) is 6.58 Å². The second kappa shape index (κ2) is 5.66. The summed E-state index contributed by atoms with van der Waals surface area (Å²) >= 11 is 0. The van der Waals surface area contributed by atoms with Gasteiger partial charge in [-0.15, -0.1) is 0 Å². The number of benzene rings is 1. The molecule has 0 unspecified atom stereocenters. The molecule has 102 valence electrons. The molecule has 2 N–H and O–H groups in total. The second-order valence-corrected chi connectivity index (χ2v) is 5.61. The van der Waals surface area contributed by atoms with Crippen LogP contribution in [-0.2, 0) is 19.6 Å². The normalized spacial score (nSPS) is 10.8. The maximum atomic E-state index is 11.8. The number of rotatable bonds is 5. The van der Waals surface area contributed by atoms with Crippen molar-refractivity contribution in [3.8, 4) is 0 Å². The first-order chi connectivity index (χ1) is 8.72. The third-order valence-corrected chi connectivity index (χ3v) is 3.65. The Bertz CT molecular complexity index is 616. The van der Waals surface area contributed by atoms with E-state index in [1.165, 1.54) is 12.1 Å². The van der Waals surface area contributed by atoms with Crippen molar-refractivity contribution >= 4 is 21.9 Å². The summed E-state index contributed by atoms with van der Waals surface area (Å²) < 4.78 is 25.4. The van der Waals surface area contributed by atoms with Gasteiger partial charge >= 0.3 is 5.97 Å². The molecule has 0 atom stereocenters. The summed E-state index contributed by atoms with van der Waals surface area (Å²) in [7, 11) is -3.98. The molecule has 0 aliphatic carbocycles. The molecule has 0 bridgehead atoms. The Morgan fingerprint density at radius 1 is 1.26 bits per heavy atom. The molecule has 19 heavy (non-hydrogen) atoms. The van der Waals surface area contributed by atoms with Crippen LogP contribution < -0.4 is 4.72 Å². The Hall–Kier alpha value is -2.15. The summed E-state index contributed by atoms with van der Waals surface area (Å²) in [5.74, 6) is -2.28. The minimum atomic E-state index is -3.98. The summed E-state index contributed by atoms with van der Waals surface area (Å²) in [6.45, 7) is 4.95. The largest absolute Gasteiger partial charge is 0.478 e. The minimum Gasteiger partial charge on any atom is -0.478 e. The van der Waals surface area contributed by atoms with Gasteiger partial charge in [-0.1, -0.05) is 24.3 Å². The molecule has 0 saturated carbocycles. The van der Waals surface area contributed by atoms with Gasteiger partial charge in [0.25, 0.3) is 10.0 Å². The van der Waals surface area contributed by atoms with Crippen LogP contribution in [0.25, 0.3) is 0 Å². The van der Waals surface area contributed by atoms with Crippen LogP contribution in [0.5, 0.6) is 0 Å². The van der Waals surface area contributed by atoms with Gasteiger partial charge in [-0.2, -0.15) is 0 Å². The van der Waals surface area contributed by atoms with E-state index in [9.17, 15) is 18.0 Å². The monoisotopic (exact) mass is 283 g/mol. The highest BCUT2D eigenvalue weighted by molar-refractivity contribution is 7.90. The van der Waals surface area contributed by atoms with E-state index in [0.717, 1.165) is 5.56 Å². The summed E-state index contributed by atoms with van der Waals surface area (Å²) in [5.41, 5.74) is 0.501. The first-order valence-electron chi connectivity index (χ1n) is 5.26. The quantitative estimate of drug-likeness (QED) is 0.779. The van der Waals surface area contributed by atoms with Crippen LogP contribution in [0, 0.1) is 6.92 Å². The molecule has 0 aromatic heterocycles. The van der Waals surface area contributed by atoms with Gasteiger partial charge in [0.15, 0.2) is 0 Å². The molecule has 1 aromatic rings. The van der Waals surface area contributed by atoms with Gasteiger partial charge in [-0.25, -0.2) is 17.9 Å². The second-order valence-electron chi connectivity index (χ2n) is 3.93. The molecular formula is C12H13NO5S. The molecule has 6 nitrogen and oxygen atoms in total. The van der Waals surface area contributed by atoms with Gasteiger partial charge in [-0.05, 0) is 19.1 Å². The van der Waals surface area contributed by atoms with Crippen molar-refractivity contribution < 1.29 is 23.1 Å². The van der Waals surface area contributed by atoms with Crippen LogP contribution in [0.15, 0.2) is 41.3 Å². The first kappa shape index (κ1) is 14.9. The fraction of sp³-hybridized carbons (Fsp3) is 0.167. The van der Waals surface area contributed by atoms with E-state index in [1.54, 1.807) is 23.8 Å². The third-order valence-electron chi connectivity index (χ3n) is 2.26. The van der Waals surface area contributed by atoms with Crippen molar-refractivity contribution in [2.24, 2.45) is 0 Å². The maximum absolute atomic E-state index is 11.8. The minimum absolute atomic E-state index is 0.0626. The number of carboxylic acids is 1. The number of nitrogens with one attached hydrogen (secondary N) is 1. The first-order valence-corrected chi connectivity index (χ1v) is 6.74. The Morgan fingerprint density at radius 3 is 2.26 bits per heavy atom. The summed E-state index contributed by atoms with van der Waals surface area (Å²) in [5, 5.41) is 8.55. The molecule has 0 radical (unpaired) electrons. The van der Waals surface area contributed by atoms with E-state index in [-0.39, 0.29) is 10.5 Å². The number of amides is 1. The molecule has 0 saturated heterocycles. The zero-order valence-electron chi connectivity index (χ0n) is 10.2. The van der Waals surface area contributed by atoms with E-state index in [0.29, 0.717) is 0 Å². The number of carbonyl (C=O) groups excluding carboxylic acids is 1. The zero-order valence-corrected chi connectivity index (χ0v) is 11.0. The van der Waals surface area contributed by atoms with Crippen molar-refractivity contribution in [1.82, 2.24) is 4.72 Å². The number of aryl methyl sites for hydroxylation is 1. The van der Waals surface area contributed by atoms with Crippen LogP contribution in [-0.4, -0.2) is 25.4 Å². The van der Waals surface area contributed by atoms with Crippen molar-refractivity contribution in [2.45, 2.75) is 18.2 Å². The lowest BCUT2D eigenvalue weighted by Crippen LogP contribution is -2.31. The van der Waals surface area contributed by atoms with Crippen LogP contribution in [0.3, 0.4) is 0 Å². The zero-order chi connectivity index (χ0) is 14.6. The van der Waals surface area contributed by atoms with Crippen LogP contribution in [0.4, 0.5) is 0 Å². The highest BCUT2D eigenvalue weighted by atomic mass is 32.2. The van der Waals surface area contributed by atoms with E-state index < -0.39 is 28.3 Å². The van der Waals surface area contributed by atoms with Gasteiger partial charge < -0.3 is 5.11 Å². The fourth-order valence-corrected chi connectivity index (χ4v) is 2.22. The van der Waals surface area contributed by atoms with Gasteiger partial charge in [-0.3, -0.25) is 4.79 Å². The molecule has 1 aromatic carbocycles. The highest BCUT2D eigenvalue weighted by Crippen LogP contribution is 2.10. The predicted molar refractivity (Wildman–Crippen MR) is 67.9 cm³/mol. The molecular weight excluding hydrogens is 270 g/mol. The van der Waals surface area contributed by atoms with Crippen LogP contribution in [0.2, 0.25) is 0 Å². The number of aliphatic carboxylic acids is 1. The SMILES string of the molecule is C=C(CC(=O)NS(=O)(=O)c1ccc(C)cc1)C(=O)O. The Kier molecular flexibility index (Phi) is 4.44. The van der Waals surface area contributed by atoms with Crippen LogP contribution in [0.1, 0.15) is 12.0 Å². The molecule has 0 aliphatic rings. The molecule has 0 heterocycles. The molecule has 0 aliphatic heterocycles. The van der Waals surface area contributed by atoms with Crippen LogP contribution >= 0.6 is 0 Å². The van der Waals surface area contributed by atoms with E-state index in [1.807, 2.05) is 0 Å². The van der Waals surface area contributed by atoms with Gasteiger partial charge in [0, 0.05) is 5.57 Å². The Balaban J connectivity index is 2.80. The molecule has 0 spiro atoms. The maximum Gasteiger partial charge on any atom is 0.331 e. The molecule has 1 amide bonds. The highest BCUT2D eigenvalue weighted by Gasteiger charge is 2.19. The van der Waals surface area contributed by atoms with Crippen molar-refractivity contribution in [1.29, 1.82) is 0 Å². The number of carbonyl (C=O) groups is 2. The third kappa shape index (κ3) is 4.22. The standard InChI is InChI=1S/C12H13NO5S/c1-8-3-5-10(6-4-8)19(17,18)13-11(14)7-9(2)12(15)16/h3-6H,2,7H2,1H3,(H,13,14)(H,15,16). The number of carboxylic acid groups (broad SMARTS) is 1. The summed E-state index contributed by atoms with van der Waals surface area (Å²) in [6, 6.07) is 5.90. The van der Waals surface area contributed by atoms with Crippen molar-refractivity contribution in [3.05, 3.63) is 42.0 Å². The predicted octanol–water partition coefficient (Wildman–Crippen LogP) is 0.831. The number of hydrogen-bond donors (Lipinski definition) is 2. The molecule has 0 fully saturated rings. The average Bonchev–Trinajstić information content (AvgIpc) is 2.28. The van der Waals surface area contributed by atoms with E-state index >= 15 is 0 Å². The lowest BCUT2D eigenvalue weighted by Gasteiger charge is -2.07.